The number of fused-ring (bicyclic) bond motifs is 1. The molecule has 3 heteroatoms. The van der Waals surface area contributed by atoms with Gasteiger partial charge >= 0.3 is 0 Å². The maximum absolute atomic E-state index is 11.8. The van der Waals surface area contributed by atoms with Gasteiger partial charge in [0, 0.05) is 10.8 Å². The first kappa shape index (κ1) is 10.5. The normalized spacial score (nSPS) is 10.1. The van der Waals surface area contributed by atoms with Crippen LogP contribution in [-0.2, 0) is 0 Å². The van der Waals surface area contributed by atoms with Crippen molar-refractivity contribution in [1.29, 1.82) is 0 Å². The van der Waals surface area contributed by atoms with Crippen molar-refractivity contribution in [2.45, 2.75) is 0 Å². The Morgan fingerprint density at radius 3 is 2.31 bits per heavy atom. The van der Waals surface area contributed by atoms with Crippen LogP contribution in [0.5, 0.6) is 11.5 Å². The van der Waals surface area contributed by atoms with Gasteiger partial charge in [-0.15, -0.1) is 0 Å². The minimum absolute atomic E-state index is 0.0269. The second-order valence-electron chi connectivity index (χ2n) is 3.34. The fourth-order valence-electron chi connectivity index (χ4n) is 1.72. The molecule has 2 rings (SSSR count). The van der Waals surface area contributed by atoms with E-state index in [-0.39, 0.29) is 5.43 Å². The molecule has 0 heterocycles. The number of methoxy groups -OCH3 is 2. The summed E-state index contributed by atoms with van der Waals surface area (Å²) in [6.45, 7) is 0. The highest BCUT2D eigenvalue weighted by Crippen LogP contribution is 2.33. The predicted molar refractivity (Wildman–Crippen MR) is 63.3 cm³/mol. The summed E-state index contributed by atoms with van der Waals surface area (Å²) in [5.74, 6) is 1.22. The first-order valence-electron chi connectivity index (χ1n) is 4.92. The molecule has 0 fully saturated rings. The van der Waals surface area contributed by atoms with Gasteiger partial charge in [-0.2, -0.15) is 0 Å². The molecule has 0 spiro atoms. The molecular formula is C13H12O3. The Morgan fingerprint density at radius 1 is 0.875 bits per heavy atom. The van der Waals surface area contributed by atoms with Crippen molar-refractivity contribution in [2.75, 3.05) is 14.2 Å². The smallest absolute Gasteiger partial charge is 0.186 e. The summed E-state index contributed by atoms with van der Waals surface area (Å²) in [6, 6.07) is 10.4. The quantitative estimate of drug-likeness (QED) is 0.772. The molecule has 0 N–H and O–H groups in total. The minimum atomic E-state index is -0.0269. The summed E-state index contributed by atoms with van der Waals surface area (Å²) in [5, 5.41) is 1.39. The average Bonchev–Trinajstić information content (AvgIpc) is 2.50. The number of benzene rings is 1. The molecule has 2 aromatic rings. The fraction of sp³-hybridized carbons (Fsp3) is 0.154. The van der Waals surface area contributed by atoms with Crippen molar-refractivity contribution in [2.24, 2.45) is 0 Å². The minimum Gasteiger partial charge on any atom is -0.493 e. The third-order valence-electron chi connectivity index (χ3n) is 2.47. The molecule has 0 aliphatic heterocycles. The molecule has 0 aromatic heterocycles. The van der Waals surface area contributed by atoms with Crippen LogP contribution in [-0.4, -0.2) is 14.2 Å². The summed E-state index contributed by atoms with van der Waals surface area (Å²) in [6.07, 6.45) is 0. The molecule has 0 aliphatic carbocycles. The summed E-state index contributed by atoms with van der Waals surface area (Å²) in [7, 11) is 3.14. The Kier molecular flexibility index (Phi) is 2.77. The topological polar surface area (TPSA) is 35.5 Å². The van der Waals surface area contributed by atoms with Gasteiger partial charge in [0.05, 0.1) is 14.2 Å². The monoisotopic (exact) mass is 216 g/mol. The zero-order valence-corrected chi connectivity index (χ0v) is 9.19. The summed E-state index contributed by atoms with van der Waals surface area (Å²) in [5.41, 5.74) is -0.0269. The third kappa shape index (κ3) is 1.60. The van der Waals surface area contributed by atoms with Gasteiger partial charge in [-0.05, 0) is 18.2 Å². The van der Waals surface area contributed by atoms with Gasteiger partial charge in [-0.3, -0.25) is 4.79 Å². The van der Waals surface area contributed by atoms with Gasteiger partial charge in [0.1, 0.15) is 0 Å². The van der Waals surface area contributed by atoms with E-state index in [9.17, 15) is 4.79 Å². The van der Waals surface area contributed by atoms with Crippen LogP contribution in [0.2, 0.25) is 0 Å². The molecule has 3 nitrogen and oxygen atoms in total. The van der Waals surface area contributed by atoms with Crippen LogP contribution in [0.3, 0.4) is 0 Å². The van der Waals surface area contributed by atoms with E-state index in [4.69, 9.17) is 9.47 Å². The lowest BCUT2D eigenvalue weighted by Gasteiger charge is -2.08. The van der Waals surface area contributed by atoms with Crippen LogP contribution < -0.4 is 14.9 Å². The number of hydrogen-bond donors (Lipinski definition) is 0. The number of rotatable bonds is 2. The molecule has 0 bridgehead atoms. The summed E-state index contributed by atoms with van der Waals surface area (Å²) in [4.78, 5) is 11.8. The first-order chi connectivity index (χ1) is 7.77. The van der Waals surface area contributed by atoms with Crippen molar-refractivity contribution in [3.8, 4) is 11.5 Å². The van der Waals surface area contributed by atoms with Gasteiger partial charge in [0.2, 0.25) is 0 Å². The second-order valence-corrected chi connectivity index (χ2v) is 3.34. The molecule has 0 saturated carbocycles. The standard InChI is InChI=1S/C13H12O3/c1-15-12-8-7-9-10(13(12)16-2)5-3-4-6-11(9)14/h3-8H,1-2H3. The Labute approximate surface area is 93.2 Å². The van der Waals surface area contributed by atoms with Crippen LogP contribution in [0.4, 0.5) is 0 Å². The van der Waals surface area contributed by atoms with E-state index in [0.717, 1.165) is 5.39 Å². The van der Waals surface area contributed by atoms with Crippen molar-refractivity contribution >= 4 is 10.8 Å². The van der Waals surface area contributed by atoms with Crippen LogP contribution in [0, 0.1) is 0 Å². The van der Waals surface area contributed by atoms with Gasteiger partial charge < -0.3 is 9.47 Å². The highest BCUT2D eigenvalue weighted by atomic mass is 16.5. The maximum Gasteiger partial charge on any atom is 0.186 e. The van der Waals surface area contributed by atoms with Crippen LogP contribution >= 0.6 is 0 Å². The Balaban J connectivity index is 2.95. The molecule has 0 unspecified atom stereocenters. The zero-order chi connectivity index (χ0) is 11.5. The highest BCUT2D eigenvalue weighted by Gasteiger charge is 2.08. The van der Waals surface area contributed by atoms with Gasteiger partial charge in [-0.1, -0.05) is 18.2 Å². The molecule has 0 saturated heterocycles. The molecule has 0 radical (unpaired) electrons. The molecule has 82 valence electrons. The third-order valence-corrected chi connectivity index (χ3v) is 2.47. The summed E-state index contributed by atoms with van der Waals surface area (Å²) < 4.78 is 10.5. The molecule has 16 heavy (non-hydrogen) atoms. The highest BCUT2D eigenvalue weighted by molar-refractivity contribution is 5.90. The SMILES string of the molecule is COc1ccc2c(=O)ccccc2c1OC. The van der Waals surface area contributed by atoms with E-state index in [1.54, 1.807) is 32.4 Å². The van der Waals surface area contributed by atoms with E-state index in [1.165, 1.54) is 6.07 Å². The Morgan fingerprint density at radius 2 is 1.62 bits per heavy atom. The molecule has 0 aliphatic rings. The molecule has 0 amide bonds. The maximum atomic E-state index is 11.8. The average molecular weight is 216 g/mol. The van der Waals surface area contributed by atoms with Crippen molar-refractivity contribution < 1.29 is 9.47 Å². The van der Waals surface area contributed by atoms with Gasteiger partial charge in [-0.25, -0.2) is 0 Å². The van der Waals surface area contributed by atoms with E-state index in [0.29, 0.717) is 16.9 Å². The predicted octanol–water partition coefficient (Wildman–Crippen LogP) is 2.22. The number of ether oxygens (including phenoxy) is 2. The van der Waals surface area contributed by atoms with E-state index >= 15 is 0 Å². The molecule has 0 atom stereocenters. The lowest BCUT2D eigenvalue weighted by atomic mass is 10.1. The van der Waals surface area contributed by atoms with Gasteiger partial charge in [0.25, 0.3) is 0 Å². The Bertz CT molecular complexity index is 576. The molecule has 2 aromatic carbocycles. The second kappa shape index (κ2) is 4.23. The van der Waals surface area contributed by atoms with Crippen molar-refractivity contribution in [3.05, 3.63) is 46.6 Å². The van der Waals surface area contributed by atoms with E-state index in [2.05, 4.69) is 0 Å². The zero-order valence-electron chi connectivity index (χ0n) is 9.19. The van der Waals surface area contributed by atoms with Crippen LogP contribution in [0.15, 0.2) is 41.2 Å². The number of hydrogen-bond acceptors (Lipinski definition) is 3. The van der Waals surface area contributed by atoms with E-state index in [1.807, 2.05) is 12.1 Å². The van der Waals surface area contributed by atoms with E-state index < -0.39 is 0 Å². The van der Waals surface area contributed by atoms with Crippen molar-refractivity contribution in [3.63, 3.8) is 0 Å². The molecular weight excluding hydrogens is 204 g/mol. The first-order valence-corrected chi connectivity index (χ1v) is 4.92. The summed E-state index contributed by atoms with van der Waals surface area (Å²) >= 11 is 0. The van der Waals surface area contributed by atoms with Crippen LogP contribution in [0.25, 0.3) is 10.8 Å². The largest absolute Gasteiger partial charge is 0.493 e. The van der Waals surface area contributed by atoms with Crippen molar-refractivity contribution in [1.82, 2.24) is 0 Å². The lowest BCUT2D eigenvalue weighted by Crippen LogP contribution is -1.97. The Hall–Kier alpha value is -2.03. The lowest BCUT2D eigenvalue weighted by molar-refractivity contribution is 0.358. The fourth-order valence-corrected chi connectivity index (χ4v) is 1.72. The van der Waals surface area contributed by atoms with Crippen LogP contribution in [0.1, 0.15) is 0 Å². The van der Waals surface area contributed by atoms with Gasteiger partial charge in [0.15, 0.2) is 16.9 Å².